The fourth-order valence-corrected chi connectivity index (χ4v) is 3.43. The number of likely N-dealkylation sites (tertiary alicyclic amines) is 1. The van der Waals surface area contributed by atoms with Gasteiger partial charge in [0.25, 0.3) is 0 Å². The number of ether oxygens (including phenoxy) is 1. The van der Waals surface area contributed by atoms with Gasteiger partial charge < -0.3 is 24.8 Å². The van der Waals surface area contributed by atoms with Crippen LogP contribution in [-0.2, 0) is 17.8 Å². The summed E-state index contributed by atoms with van der Waals surface area (Å²) in [6.45, 7) is 17.2. The van der Waals surface area contributed by atoms with Crippen LogP contribution in [0.2, 0.25) is 0 Å². The van der Waals surface area contributed by atoms with Crippen molar-refractivity contribution in [1.82, 2.24) is 25.1 Å². The monoisotopic (exact) mass is 392 g/mol. The summed E-state index contributed by atoms with van der Waals surface area (Å²) in [5, 5.41) is 7.00. The van der Waals surface area contributed by atoms with Crippen LogP contribution in [0, 0.1) is 5.92 Å². The van der Waals surface area contributed by atoms with Crippen molar-refractivity contribution in [2.45, 2.75) is 72.7 Å². The normalized spacial score (nSPS) is 16.9. The maximum Gasteiger partial charge on any atom is 0.191 e. The summed E-state index contributed by atoms with van der Waals surface area (Å²) in [5.41, 5.74) is 0. The third kappa shape index (κ3) is 8.19. The van der Waals surface area contributed by atoms with Crippen molar-refractivity contribution in [3.05, 3.63) is 18.2 Å². The van der Waals surface area contributed by atoms with Crippen molar-refractivity contribution in [2.75, 3.05) is 32.8 Å². The Bertz CT molecular complexity index is 575. The number of nitrogens with one attached hydrogen (secondary N) is 2. The largest absolute Gasteiger partial charge is 0.377 e. The highest BCUT2D eigenvalue weighted by atomic mass is 16.5. The Morgan fingerprint density at radius 1 is 1.29 bits per heavy atom. The van der Waals surface area contributed by atoms with E-state index in [0.29, 0.717) is 24.6 Å². The highest BCUT2D eigenvalue weighted by molar-refractivity contribution is 5.80. The summed E-state index contributed by atoms with van der Waals surface area (Å²) in [6, 6.07) is 0.468. The zero-order valence-electron chi connectivity index (χ0n) is 18.4. The van der Waals surface area contributed by atoms with Crippen LogP contribution in [0.4, 0.5) is 0 Å². The zero-order valence-corrected chi connectivity index (χ0v) is 18.4. The Morgan fingerprint density at radius 2 is 2.04 bits per heavy atom. The van der Waals surface area contributed by atoms with Crippen molar-refractivity contribution < 1.29 is 4.74 Å². The molecule has 1 aromatic heterocycles. The maximum atomic E-state index is 5.67. The number of piperidine rings is 1. The van der Waals surface area contributed by atoms with Gasteiger partial charge in [0.15, 0.2) is 5.96 Å². The van der Waals surface area contributed by atoms with Gasteiger partial charge in [0, 0.05) is 51.2 Å². The fraction of sp³-hybridized carbons (Fsp3) is 0.810. The number of guanidine groups is 1. The molecule has 1 fully saturated rings. The molecule has 0 radical (unpaired) electrons. The lowest BCUT2D eigenvalue weighted by molar-refractivity contribution is 0.0532. The molecule has 0 atom stereocenters. The number of aromatic nitrogens is 2. The molecular weight excluding hydrogens is 352 g/mol. The van der Waals surface area contributed by atoms with Gasteiger partial charge in [-0.05, 0) is 39.5 Å². The Morgan fingerprint density at radius 3 is 2.68 bits per heavy atom. The molecular formula is C21H40N6O. The Hall–Kier alpha value is -1.60. The SMILES string of the molecule is CCNC(=NCc1nccn1CC(C)C)NC1CCN(CCOC(C)C)CC1. The molecule has 0 unspecified atom stereocenters. The summed E-state index contributed by atoms with van der Waals surface area (Å²) in [7, 11) is 0. The van der Waals surface area contributed by atoms with Gasteiger partial charge in [-0.2, -0.15) is 0 Å². The third-order valence-electron chi connectivity index (χ3n) is 4.87. The molecule has 0 spiro atoms. The summed E-state index contributed by atoms with van der Waals surface area (Å²) in [4.78, 5) is 11.8. The minimum Gasteiger partial charge on any atom is -0.377 e. The first-order valence-electron chi connectivity index (χ1n) is 10.9. The molecule has 28 heavy (non-hydrogen) atoms. The van der Waals surface area contributed by atoms with E-state index in [1.807, 2.05) is 12.4 Å². The first-order valence-corrected chi connectivity index (χ1v) is 10.9. The van der Waals surface area contributed by atoms with Crippen molar-refractivity contribution >= 4 is 5.96 Å². The van der Waals surface area contributed by atoms with Crippen LogP contribution in [0.5, 0.6) is 0 Å². The molecule has 0 amide bonds. The summed E-state index contributed by atoms with van der Waals surface area (Å²) < 4.78 is 7.88. The van der Waals surface area contributed by atoms with Crippen LogP contribution in [0.3, 0.4) is 0 Å². The molecule has 0 bridgehead atoms. The van der Waals surface area contributed by atoms with E-state index in [-0.39, 0.29) is 0 Å². The molecule has 0 saturated carbocycles. The smallest absolute Gasteiger partial charge is 0.191 e. The fourth-order valence-electron chi connectivity index (χ4n) is 3.43. The quantitative estimate of drug-likeness (QED) is 0.473. The molecule has 2 heterocycles. The van der Waals surface area contributed by atoms with Crippen LogP contribution in [0.25, 0.3) is 0 Å². The van der Waals surface area contributed by atoms with E-state index in [1.54, 1.807) is 0 Å². The molecule has 7 heteroatoms. The minimum absolute atomic E-state index is 0.314. The van der Waals surface area contributed by atoms with E-state index in [2.05, 4.69) is 59.7 Å². The second-order valence-electron chi connectivity index (χ2n) is 8.26. The average molecular weight is 393 g/mol. The number of aliphatic imine (C=N–C) groups is 1. The minimum atomic E-state index is 0.314. The van der Waals surface area contributed by atoms with Gasteiger partial charge in [0.1, 0.15) is 12.4 Å². The summed E-state index contributed by atoms with van der Waals surface area (Å²) in [6.07, 6.45) is 6.49. The van der Waals surface area contributed by atoms with Crippen molar-refractivity contribution in [3.63, 3.8) is 0 Å². The topological polar surface area (TPSA) is 66.7 Å². The lowest BCUT2D eigenvalue weighted by Gasteiger charge is -2.33. The van der Waals surface area contributed by atoms with Gasteiger partial charge >= 0.3 is 0 Å². The van der Waals surface area contributed by atoms with Crippen LogP contribution < -0.4 is 10.6 Å². The van der Waals surface area contributed by atoms with E-state index < -0.39 is 0 Å². The van der Waals surface area contributed by atoms with Gasteiger partial charge in [-0.25, -0.2) is 9.98 Å². The average Bonchev–Trinajstić information content (AvgIpc) is 3.07. The van der Waals surface area contributed by atoms with E-state index >= 15 is 0 Å². The second-order valence-corrected chi connectivity index (χ2v) is 8.26. The standard InChI is InChI=1S/C21H40N6O/c1-6-22-21(24-15-20-23-9-12-27(20)16-17(2)3)25-19-7-10-26(11-8-19)13-14-28-18(4)5/h9,12,17-19H,6-8,10-11,13-16H2,1-5H3,(H2,22,24,25). The molecule has 2 rings (SSSR count). The number of nitrogens with zero attached hydrogens (tertiary/aromatic N) is 4. The molecule has 1 saturated heterocycles. The molecule has 1 aliphatic rings. The number of hydrogen-bond donors (Lipinski definition) is 2. The highest BCUT2D eigenvalue weighted by Gasteiger charge is 2.20. The summed E-state index contributed by atoms with van der Waals surface area (Å²) in [5.74, 6) is 2.51. The number of imidazole rings is 1. The zero-order chi connectivity index (χ0) is 20.4. The number of hydrogen-bond acceptors (Lipinski definition) is 4. The highest BCUT2D eigenvalue weighted by Crippen LogP contribution is 2.10. The van der Waals surface area contributed by atoms with Gasteiger partial charge in [0.2, 0.25) is 0 Å². The van der Waals surface area contributed by atoms with Crippen molar-refractivity contribution in [3.8, 4) is 0 Å². The van der Waals surface area contributed by atoms with Crippen LogP contribution >= 0.6 is 0 Å². The molecule has 0 aliphatic carbocycles. The lowest BCUT2D eigenvalue weighted by Crippen LogP contribution is -2.49. The Balaban J connectivity index is 1.81. The van der Waals surface area contributed by atoms with Gasteiger partial charge in [0.05, 0.1) is 12.7 Å². The molecule has 1 aliphatic heterocycles. The predicted molar refractivity (Wildman–Crippen MR) is 116 cm³/mol. The first-order chi connectivity index (χ1) is 13.5. The van der Waals surface area contributed by atoms with E-state index in [1.165, 1.54) is 0 Å². The first kappa shape index (κ1) is 22.7. The van der Waals surface area contributed by atoms with Gasteiger partial charge in [-0.3, -0.25) is 0 Å². The second kappa shape index (κ2) is 12.1. The number of rotatable bonds is 10. The predicted octanol–water partition coefficient (Wildman–Crippen LogP) is 2.48. The Kier molecular flexibility index (Phi) is 9.78. The summed E-state index contributed by atoms with van der Waals surface area (Å²) >= 11 is 0. The van der Waals surface area contributed by atoms with Crippen molar-refractivity contribution in [2.24, 2.45) is 10.9 Å². The van der Waals surface area contributed by atoms with Crippen LogP contribution in [-0.4, -0.2) is 65.3 Å². The van der Waals surface area contributed by atoms with Gasteiger partial charge in [-0.15, -0.1) is 0 Å². The molecule has 0 aromatic carbocycles. The Labute approximate surface area is 171 Å². The van der Waals surface area contributed by atoms with E-state index in [9.17, 15) is 0 Å². The van der Waals surface area contributed by atoms with Gasteiger partial charge in [-0.1, -0.05) is 13.8 Å². The lowest BCUT2D eigenvalue weighted by atomic mass is 10.1. The molecule has 2 N–H and O–H groups in total. The van der Waals surface area contributed by atoms with Crippen molar-refractivity contribution in [1.29, 1.82) is 0 Å². The molecule has 160 valence electrons. The molecule has 7 nitrogen and oxygen atoms in total. The van der Waals surface area contributed by atoms with E-state index in [4.69, 9.17) is 9.73 Å². The third-order valence-corrected chi connectivity index (χ3v) is 4.87. The van der Waals surface area contributed by atoms with E-state index in [0.717, 1.165) is 64.0 Å². The maximum absolute atomic E-state index is 5.67. The van der Waals surface area contributed by atoms with Crippen LogP contribution in [0.1, 0.15) is 53.3 Å². The van der Waals surface area contributed by atoms with Crippen LogP contribution in [0.15, 0.2) is 17.4 Å². The molecule has 1 aromatic rings.